The molecule has 0 aliphatic carbocycles. The molecular weight excluding hydrogens is 526 g/mol. The molecule has 1 amide bonds. The van der Waals surface area contributed by atoms with Gasteiger partial charge in [-0.25, -0.2) is 10.4 Å². The first-order valence-electron chi connectivity index (χ1n) is 12.5. The molecular formula is C32H26ClN3O4. The predicted molar refractivity (Wildman–Crippen MR) is 158 cm³/mol. The third-order valence-corrected chi connectivity index (χ3v) is 6.44. The average Bonchev–Trinajstić information content (AvgIpc) is 3.00. The third-order valence-electron chi connectivity index (χ3n) is 6.21. The Morgan fingerprint density at radius 1 is 0.875 bits per heavy atom. The van der Waals surface area contributed by atoms with Crippen molar-refractivity contribution in [3.63, 3.8) is 0 Å². The van der Waals surface area contributed by atoms with Gasteiger partial charge in [0.1, 0.15) is 17.2 Å². The van der Waals surface area contributed by atoms with Crippen LogP contribution in [0.25, 0.3) is 33.3 Å². The van der Waals surface area contributed by atoms with Gasteiger partial charge in [-0.15, -0.1) is 0 Å². The van der Waals surface area contributed by atoms with E-state index in [1.165, 1.54) is 6.21 Å². The number of ether oxygens (including phenoxy) is 3. The second-order valence-corrected chi connectivity index (χ2v) is 9.23. The van der Waals surface area contributed by atoms with E-state index in [0.29, 0.717) is 27.8 Å². The zero-order valence-electron chi connectivity index (χ0n) is 21.9. The maximum Gasteiger partial charge on any atom is 0.277 e. The predicted octanol–water partition coefficient (Wildman–Crippen LogP) is 6.77. The number of halogens is 1. The lowest BCUT2D eigenvalue weighted by Gasteiger charge is -2.11. The van der Waals surface area contributed by atoms with Crippen molar-refractivity contribution < 1.29 is 19.0 Å². The summed E-state index contributed by atoms with van der Waals surface area (Å²) in [5.74, 6) is 1.41. The number of methoxy groups -OCH3 is 2. The smallest absolute Gasteiger partial charge is 0.277 e. The van der Waals surface area contributed by atoms with Gasteiger partial charge in [-0.05, 0) is 77.9 Å². The van der Waals surface area contributed by atoms with Crippen LogP contribution in [0.2, 0.25) is 5.02 Å². The van der Waals surface area contributed by atoms with Crippen LogP contribution in [0.15, 0.2) is 102 Å². The van der Waals surface area contributed by atoms with Crippen molar-refractivity contribution in [3.8, 4) is 39.6 Å². The number of hydrazone groups is 1. The van der Waals surface area contributed by atoms with Gasteiger partial charge < -0.3 is 14.2 Å². The number of nitrogens with zero attached hydrogens (tertiary/aromatic N) is 2. The molecule has 0 bridgehead atoms. The van der Waals surface area contributed by atoms with Crippen LogP contribution >= 0.6 is 11.6 Å². The Morgan fingerprint density at radius 3 is 2.40 bits per heavy atom. The Balaban J connectivity index is 1.27. The first-order chi connectivity index (χ1) is 19.5. The number of carbonyl (C=O) groups is 1. The van der Waals surface area contributed by atoms with Gasteiger partial charge in [-0.2, -0.15) is 5.10 Å². The van der Waals surface area contributed by atoms with Gasteiger partial charge in [0.15, 0.2) is 6.61 Å². The zero-order valence-corrected chi connectivity index (χ0v) is 22.7. The number of benzene rings is 4. The van der Waals surface area contributed by atoms with E-state index < -0.39 is 5.91 Å². The molecule has 0 spiro atoms. The fraction of sp³-hybridized carbons (Fsp3) is 0.0938. The monoisotopic (exact) mass is 551 g/mol. The first-order valence-corrected chi connectivity index (χ1v) is 12.8. The lowest BCUT2D eigenvalue weighted by Crippen LogP contribution is -2.24. The Labute approximate surface area is 237 Å². The minimum Gasteiger partial charge on any atom is -0.497 e. The van der Waals surface area contributed by atoms with Crippen LogP contribution in [-0.4, -0.2) is 37.9 Å². The number of rotatable bonds is 9. The van der Waals surface area contributed by atoms with Crippen molar-refractivity contribution >= 4 is 34.6 Å². The van der Waals surface area contributed by atoms with E-state index >= 15 is 0 Å². The Bertz CT molecular complexity index is 1670. The summed E-state index contributed by atoms with van der Waals surface area (Å²) in [7, 11) is 3.14. The number of carbonyl (C=O) groups excluding carboxylic acids is 1. The number of amides is 1. The molecule has 7 nitrogen and oxygen atoms in total. The summed E-state index contributed by atoms with van der Waals surface area (Å²) in [6.45, 7) is -0.195. The quantitative estimate of drug-likeness (QED) is 0.161. The number of pyridine rings is 1. The van der Waals surface area contributed by atoms with Crippen molar-refractivity contribution in [1.29, 1.82) is 0 Å². The summed E-state index contributed by atoms with van der Waals surface area (Å²) >= 11 is 6.30. The SMILES string of the molecule is COc1ccc(OC)c(/C=N/NC(=O)COc2ccc(-c3cc(-c4ccccc4)c4cc(Cl)ccc4n3)cc2)c1. The molecule has 0 saturated carbocycles. The second-order valence-electron chi connectivity index (χ2n) is 8.80. The van der Waals surface area contributed by atoms with Crippen molar-refractivity contribution in [1.82, 2.24) is 10.4 Å². The molecule has 40 heavy (non-hydrogen) atoms. The molecule has 1 heterocycles. The summed E-state index contributed by atoms with van der Waals surface area (Å²) in [6, 6.07) is 30.7. The highest BCUT2D eigenvalue weighted by Crippen LogP contribution is 2.34. The number of nitrogens with one attached hydrogen (secondary N) is 1. The van der Waals surface area contributed by atoms with Crippen molar-refractivity contribution in [2.24, 2.45) is 5.10 Å². The fourth-order valence-corrected chi connectivity index (χ4v) is 4.39. The second kappa shape index (κ2) is 12.3. The van der Waals surface area contributed by atoms with Crippen LogP contribution in [0, 0.1) is 0 Å². The van der Waals surface area contributed by atoms with Crippen molar-refractivity contribution in [3.05, 3.63) is 108 Å². The minimum absolute atomic E-state index is 0.195. The summed E-state index contributed by atoms with van der Waals surface area (Å²) in [4.78, 5) is 17.1. The Hall–Kier alpha value is -4.88. The molecule has 0 radical (unpaired) electrons. The molecule has 1 aromatic heterocycles. The molecule has 0 fully saturated rings. The van der Waals surface area contributed by atoms with Crippen LogP contribution in [0.3, 0.4) is 0 Å². The van der Waals surface area contributed by atoms with E-state index in [4.69, 9.17) is 30.8 Å². The molecule has 8 heteroatoms. The highest BCUT2D eigenvalue weighted by Gasteiger charge is 2.11. The molecule has 0 aliphatic rings. The molecule has 0 aliphatic heterocycles. The van der Waals surface area contributed by atoms with Crippen LogP contribution in [-0.2, 0) is 4.79 Å². The lowest BCUT2D eigenvalue weighted by molar-refractivity contribution is -0.123. The summed E-state index contributed by atoms with van der Waals surface area (Å²) in [5.41, 5.74) is 7.85. The molecule has 200 valence electrons. The average molecular weight is 552 g/mol. The summed E-state index contributed by atoms with van der Waals surface area (Å²) in [5, 5.41) is 5.65. The molecule has 1 N–H and O–H groups in total. The third kappa shape index (κ3) is 6.22. The van der Waals surface area contributed by atoms with Crippen molar-refractivity contribution in [2.75, 3.05) is 20.8 Å². The van der Waals surface area contributed by atoms with Crippen molar-refractivity contribution in [2.45, 2.75) is 0 Å². The summed E-state index contributed by atoms with van der Waals surface area (Å²) in [6.07, 6.45) is 1.49. The van der Waals surface area contributed by atoms with Gasteiger partial charge in [0.25, 0.3) is 5.91 Å². The molecule has 5 aromatic rings. The maximum atomic E-state index is 12.3. The summed E-state index contributed by atoms with van der Waals surface area (Å²) < 4.78 is 16.2. The normalized spacial score (nSPS) is 11.0. The highest BCUT2D eigenvalue weighted by molar-refractivity contribution is 6.31. The molecule has 0 atom stereocenters. The van der Waals surface area contributed by atoms with E-state index in [1.807, 2.05) is 60.7 Å². The van der Waals surface area contributed by atoms with Crippen LogP contribution in [0.4, 0.5) is 0 Å². The van der Waals surface area contributed by atoms with E-state index in [1.54, 1.807) is 32.4 Å². The highest BCUT2D eigenvalue weighted by atomic mass is 35.5. The van der Waals surface area contributed by atoms with E-state index in [-0.39, 0.29) is 6.61 Å². The molecule has 0 saturated heterocycles. The Morgan fingerprint density at radius 2 is 1.65 bits per heavy atom. The van der Waals surface area contributed by atoms with Gasteiger partial charge in [-0.3, -0.25) is 4.79 Å². The zero-order chi connectivity index (χ0) is 27.9. The largest absolute Gasteiger partial charge is 0.497 e. The van der Waals surface area contributed by atoms with Crippen LogP contribution in [0.5, 0.6) is 17.2 Å². The van der Waals surface area contributed by atoms with Gasteiger partial charge >= 0.3 is 0 Å². The minimum atomic E-state index is -0.399. The van der Waals surface area contributed by atoms with E-state index in [2.05, 4.69) is 28.7 Å². The van der Waals surface area contributed by atoms with Gasteiger partial charge in [0.2, 0.25) is 0 Å². The first kappa shape index (κ1) is 26.7. The standard InChI is InChI=1S/C32H26ClN3O4/c1-38-26-13-15-31(39-2)23(16-26)19-34-36-32(37)20-40-25-11-8-22(9-12-25)30-18-27(21-6-4-3-5-7-21)28-17-24(33)10-14-29(28)35-30/h3-19H,20H2,1-2H3,(H,36,37)/b34-19+. The van der Waals surface area contributed by atoms with E-state index in [0.717, 1.165) is 33.3 Å². The fourth-order valence-electron chi connectivity index (χ4n) is 4.22. The van der Waals surface area contributed by atoms with E-state index in [9.17, 15) is 4.79 Å². The topological polar surface area (TPSA) is 82.0 Å². The number of aromatic nitrogens is 1. The van der Waals surface area contributed by atoms with Crippen LogP contribution < -0.4 is 19.6 Å². The van der Waals surface area contributed by atoms with Gasteiger partial charge in [-0.1, -0.05) is 41.9 Å². The van der Waals surface area contributed by atoms with Gasteiger partial charge in [0.05, 0.1) is 31.6 Å². The molecule has 4 aromatic carbocycles. The number of hydrogen-bond donors (Lipinski definition) is 1. The van der Waals surface area contributed by atoms with Crippen LogP contribution in [0.1, 0.15) is 5.56 Å². The Kier molecular flexibility index (Phi) is 8.23. The molecule has 5 rings (SSSR count). The number of hydrogen-bond acceptors (Lipinski definition) is 6. The maximum absolute atomic E-state index is 12.3. The number of fused-ring (bicyclic) bond motifs is 1. The molecule has 0 unspecified atom stereocenters. The van der Waals surface area contributed by atoms with Gasteiger partial charge in [0, 0.05) is 21.5 Å². The lowest BCUT2D eigenvalue weighted by atomic mass is 9.98.